The van der Waals surface area contributed by atoms with Gasteiger partial charge in [0.1, 0.15) is 5.82 Å². The number of rotatable bonds is 4. The highest BCUT2D eigenvalue weighted by atomic mass is 15.1. The van der Waals surface area contributed by atoms with E-state index in [2.05, 4.69) is 71.2 Å². The maximum atomic E-state index is 4.75. The van der Waals surface area contributed by atoms with Crippen LogP contribution >= 0.6 is 0 Å². The van der Waals surface area contributed by atoms with Crippen molar-refractivity contribution in [2.24, 2.45) is 7.05 Å². The van der Waals surface area contributed by atoms with Gasteiger partial charge in [0.2, 0.25) is 0 Å². The molecule has 0 saturated heterocycles. The van der Waals surface area contributed by atoms with E-state index >= 15 is 0 Å². The Morgan fingerprint density at radius 1 is 1.00 bits per heavy atom. The van der Waals surface area contributed by atoms with Gasteiger partial charge in [-0.3, -0.25) is 5.10 Å². The number of hydrogen-bond donors (Lipinski definition) is 1. The molecule has 0 fully saturated rings. The molecular weight excluding hydrogens is 296 g/mol. The van der Waals surface area contributed by atoms with Crippen molar-refractivity contribution in [2.75, 3.05) is 0 Å². The summed E-state index contributed by atoms with van der Waals surface area (Å²) in [5, 5.41) is 7.15. The second-order valence-corrected chi connectivity index (χ2v) is 6.20. The van der Waals surface area contributed by atoms with Gasteiger partial charge in [-0.2, -0.15) is 5.10 Å². The Balaban J connectivity index is 1.51. The molecule has 0 saturated carbocycles. The Kier molecular flexibility index (Phi) is 3.65. The zero-order valence-electron chi connectivity index (χ0n) is 14.0. The third-order valence-corrected chi connectivity index (χ3v) is 4.59. The molecule has 0 unspecified atom stereocenters. The summed E-state index contributed by atoms with van der Waals surface area (Å²) in [4.78, 5) is 4.75. The van der Waals surface area contributed by atoms with Gasteiger partial charge >= 0.3 is 0 Å². The van der Waals surface area contributed by atoms with E-state index in [0.717, 1.165) is 29.9 Å². The Hall–Kier alpha value is -2.88. The molecule has 4 rings (SSSR count). The van der Waals surface area contributed by atoms with E-state index in [4.69, 9.17) is 4.98 Å². The average molecular weight is 316 g/mol. The normalized spacial score (nSPS) is 11.2. The number of aromatic amines is 1. The van der Waals surface area contributed by atoms with E-state index in [-0.39, 0.29) is 0 Å². The third kappa shape index (κ3) is 2.60. The van der Waals surface area contributed by atoms with Crippen molar-refractivity contribution >= 4 is 11.0 Å². The molecule has 4 heteroatoms. The Labute approximate surface area is 141 Å². The zero-order chi connectivity index (χ0) is 16.5. The highest BCUT2D eigenvalue weighted by molar-refractivity contribution is 5.75. The van der Waals surface area contributed by atoms with Gasteiger partial charge in [-0.25, -0.2) is 4.98 Å². The summed E-state index contributed by atoms with van der Waals surface area (Å²) in [6, 6.07) is 17.0. The van der Waals surface area contributed by atoms with Gasteiger partial charge in [-0.15, -0.1) is 0 Å². The fourth-order valence-electron chi connectivity index (χ4n) is 3.15. The van der Waals surface area contributed by atoms with Gasteiger partial charge in [0.15, 0.2) is 0 Å². The van der Waals surface area contributed by atoms with Crippen LogP contribution in [0.4, 0.5) is 0 Å². The van der Waals surface area contributed by atoms with E-state index in [0.29, 0.717) is 0 Å². The van der Waals surface area contributed by atoms with Gasteiger partial charge in [0.05, 0.1) is 22.9 Å². The van der Waals surface area contributed by atoms with Crippen LogP contribution in [0.5, 0.6) is 0 Å². The molecule has 1 N–H and O–H groups in total. The summed E-state index contributed by atoms with van der Waals surface area (Å²) in [6.07, 6.45) is 3.78. The lowest BCUT2D eigenvalue weighted by Crippen LogP contribution is -2.00. The van der Waals surface area contributed by atoms with Crippen LogP contribution in [0.3, 0.4) is 0 Å². The predicted molar refractivity (Wildman–Crippen MR) is 96.9 cm³/mol. The van der Waals surface area contributed by atoms with Crippen LogP contribution < -0.4 is 0 Å². The molecule has 4 aromatic rings. The smallest absolute Gasteiger partial charge is 0.109 e. The summed E-state index contributed by atoms with van der Waals surface area (Å²) in [5.74, 6) is 1.13. The van der Waals surface area contributed by atoms with Crippen LogP contribution in [-0.2, 0) is 19.9 Å². The van der Waals surface area contributed by atoms with Crippen LogP contribution in [-0.4, -0.2) is 19.7 Å². The lowest BCUT2D eigenvalue weighted by Gasteiger charge is -2.05. The molecule has 2 aromatic heterocycles. The summed E-state index contributed by atoms with van der Waals surface area (Å²) in [5.41, 5.74) is 7.02. The summed E-state index contributed by atoms with van der Waals surface area (Å²) >= 11 is 0. The largest absolute Gasteiger partial charge is 0.331 e. The highest BCUT2D eigenvalue weighted by Gasteiger charge is 2.08. The predicted octanol–water partition coefficient (Wildman–Crippen LogP) is 4.06. The summed E-state index contributed by atoms with van der Waals surface area (Å²) < 4.78 is 2.19. The number of nitrogens with one attached hydrogen (secondary N) is 1. The molecule has 0 amide bonds. The van der Waals surface area contributed by atoms with Crippen molar-refractivity contribution in [1.82, 2.24) is 19.7 Å². The zero-order valence-corrected chi connectivity index (χ0v) is 14.0. The summed E-state index contributed by atoms with van der Waals surface area (Å²) in [6.45, 7) is 2.07. The van der Waals surface area contributed by atoms with Crippen molar-refractivity contribution in [3.63, 3.8) is 0 Å². The van der Waals surface area contributed by atoms with Crippen LogP contribution in [0.25, 0.3) is 22.3 Å². The summed E-state index contributed by atoms with van der Waals surface area (Å²) in [7, 11) is 2.09. The van der Waals surface area contributed by atoms with Gasteiger partial charge in [0, 0.05) is 13.5 Å². The average Bonchev–Trinajstić information content (AvgIpc) is 3.18. The molecule has 0 aliphatic carbocycles. The first-order chi connectivity index (χ1) is 11.7. The van der Waals surface area contributed by atoms with Crippen molar-refractivity contribution < 1.29 is 0 Å². The van der Waals surface area contributed by atoms with E-state index < -0.39 is 0 Å². The number of fused-ring (bicyclic) bond motifs is 1. The molecule has 2 heterocycles. The molecule has 0 aliphatic heterocycles. The van der Waals surface area contributed by atoms with Crippen molar-refractivity contribution in [3.8, 4) is 11.3 Å². The Bertz CT molecular complexity index is 976. The molecule has 120 valence electrons. The Morgan fingerprint density at radius 3 is 2.50 bits per heavy atom. The minimum absolute atomic E-state index is 0.938. The SMILES string of the molecule is Cc1cn[nH]c1-c1ccc(CCc2nc3ccccc3n2C)cc1. The van der Waals surface area contributed by atoms with Crippen molar-refractivity contribution in [3.05, 3.63) is 71.7 Å². The Morgan fingerprint density at radius 2 is 1.79 bits per heavy atom. The number of aromatic nitrogens is 4. The number of hydrogen-bond acceptors (Lipinski definition) is 2. The number of para-hydroxylation sites is 2. The number of H-pyrrole nitrogens is 1. The van der Waals surface area contributed by atoms with Crippen LogP contribution in [0.2, 0.25) is 0 Å². The molecule has 0 atom stereocenters. The fraction of sp³-hybridized carbons (Fsp3) is 0.200. The van der Waals surface area contributed by atoms with Gasteiger partial charge < -0.3 is 4.57 Å². The molecule has 0 aliphatic rings. The van der Waals surface area contributed by atoms with Crippen LogP contribution in [0.15, 0.2) is 54.7 Å². The maximum Gasteiger partial charge on any atom is 0.109 e. The third-order valence-electron chi connectivity index (χ3n) is 4.59. The first-order valence-electron chi connectivity index (χ1n) is 8.22. The molecule has 24 heavy (non-hydrogen) atoms. The number of aryl methyl sites for hydroxylation is 4. The fourth-order valence-corrected chi connectivity index (χ4v) is 3.15. The van der Waals surface area contributed by atoms with E-state index in [1.807, 2.05) is 12.3 Å². The lowest BCUT2D eigenvalue weighted by molar-refractivity contribution is 0.787. The van der Waals surface area contributed by atoms with Crippen molar-refractivity contribution in [1.29, 1.82) is 0 Å². The quantitative estimate of drug-likeness (QED) is 0.617. The van der Waals surface area contributed by atoms with Gasteiger partial charge in [-0.1, -0.05) is 36.4 Å². The lowest BCUT2D eigenvalue weighted by atomic mass is 10.0. The number of benzene rings is 2. The molecule has 2 aromatic carbocycles. The standard InChI is InChI=1S/C20H20N4/c1-14-13-21-23-20(14)16-10-7-15(8-11-16)9-12-19-22-17-5-3-4-6-18(17)24(19)2/h3-8,10-11,13H,9,12H2,1-2H3,(H,21,23). The highest BCUT2D eigenvalue weighted by Crippen LogP contribution is 2.21. The first kappa shape index (κ1) is 14.7. The van der Waals surface area contributed by atoms with Gasteiger partial charge in [-0.05, 0) is 42.2 Å². The van der Waals surface area contributed by atoms with Crippen LogP contribution in [0, 0.1) is 6.92 Å². The maximum absolute atomic E-state index is 4.75. The molecule has 0 spiro atoms. The molecular formula is C20H20N4. The first-order valence-corrected chi connectivity index (χ1v) is 8.22. The van der Waals surface area contributed by atoms with Crippen LogP contribution in [0.1, 0.15) is 17.0 Å². The second kappa shape index (κ2) is 5.96. The van der Waals surface area contributed by atoms with Gasteiger partial charge in [0.25, 0.3) is 0 Å². The van der Waals surface area contributed by atoms with Crippen molar-refractivity contribution in [2.45, 2.75) is 19.8 Å². The number of imidazole rings is 1. The van der Waals surface area contributed by atoms with E-state index in [1.165, 1.54) is 22.2 Å². The minimum Gasteiger partial charge on any atom is -0.331 e. The monoisotopic (exact) mass is 316 g/mol. The molecule has 0 bridgehead atoms. The molecule has 4 nitrogen and oxygen atoms in total. The topological polar surface area (TPSA) is 46.5 Å². The van der Waals surface area contributed by atoms with E-state index in [1.54, 1.807) is 0 Å². The minimum atomic E-state index is 0.938. The van der Waals surface area contributed by atoms with E-state index in [9.17, 15) is 0 Å². The number of nitrogens with zero attached hydrogens (tertiary/aromatic N) is 3. The second-order valence-electron chi connectivity index (χ2n) is 6.20. The molecule has 0 radical (unpaired) electrons.